The fourth-order valence-corrected chi connectivity index (χ4v) is 1.84. The molecule has 0 aliphatic rings. The van der Waals surface area contributed by atoms with Crippen molar-refractivity contribution in [3.63, 3.8) is 0 Å². The number of carbonyl (C=O) groups excluding carboxylic acids is 1. The lowest BCUT2D eigenvalue weighted by molar-refractivity contribution is -0.143. The van der Waals surface area contributed by atoms with Crippen LogP contribution >= 0.6 is 0 Å². The molecule has 0 aliphatic heterocycles. The van der Waals surface area contributed by atoms with Crippen LogP contribution in [-0.2, 0) is 9.53 Å². The third-order valence-electron chi connectivity index (χ3n) is 2.88. The van der Waals surface area contributed by atoms with Gasteiger partial charge < -0.3 is 9.64 Å². The molecule has 1 aromatic rings. The molecule has 0 unspecified atom stereocenters. The Morgan fingerprint density at radius 2 is 1.89 bits per heavy atom. The van der Waals surface area contributed by atoms with Gasteiger partial charge in [0.15, 0.2) is 0 Å². The number of para-hydroxylation sites is 1. The molecular formula is C15H23NO2. The van der Waals surface area contributed by atoms with Gasteiger partial charge in [0.25, 0.3) is 0 Å². The van der Waals surface area contributed by atoms with Crippen molar-refractivity contribution in [1.29, 1.82) is 0 Å². The maximum atomic E-state index is 11.1. The Morgan fingerprint density at radius 3 is 2.56 bits per heavy atom. The number of benzene rings is 1. The molecule has 0 radical (unpaired) electrons. The van der Waals surface area contributed by atoms with Crippen LogP contribution in [0, 0.1) is 0 Å². The predicted octanol–water partition coefficient (Wildman–Crippen LogP) is 3.25. The number of carbonyl (C=O) groups is 1. The highest BCUT2D eigenvalue weighted by atomic mass is 16.5. The first-order valence-electron chi connectivity index (χ1n) is 6.66. The Balaban J connectivity index is 2.09. The van der Waals surface area contributed by atoms with E-state index in [2.05, 4.69) is 24.1 Å². The summed E-state index contributed by atoms with van der Waals surface area (Å²) in [6.45, 7) is 3.34. The van der Waals surface area contributed by atoms with Gasteiger partial charge in [0.2, 0.25) is 0 Å². The molecule has 1 rings (SSSR count). The Bertz CT molecular complexity index is 338. The largest absolute Gasteiger partial charge is 0.466 e. The van der Waals surface area contributed by atoms with Crippen LogP contribution < -0.4 is 4.90 Å². The molecule has 0 aromatic heterocycles. The van der Waals surface area contributed by atoms with Crippen LogP contribution in [0.25, 0.3) is 0 Å². The van der Waals surface area contributed by atoms with Gasteiger partial charge in [-0.15, -0.1) is 0 Å². The number of hydrogen-bond donors (Lipinski definition) is 0. The molecule has 0 fully saturated rings. The predicted molar refractivity (Wildman–Crippen MR) is 74.8 cm³/mol. The number of ether oxygens (including phenoxy) is 1. The average Bonchev–Trinajstić information content (AvgIpc) is 2.39. The van der Waals surface area contributed by atoms with Gasteiger partial charge in [-0.3, -0.25) is 4.79 Å². The van der Waals surface area contributed by atoms with Crippen LogP contribution in [0.15, 0.2) is 30.3 Å². The molecule has 3 heteroatoms. The van der Waals surface area contributed by atoms with Gasteiger partial charge in [-0.25, -0.2) is 0 Å². The summed E-state index contributed by atoms with van der Waals surface area (Å²) in [6, 6.07) is 10.3. The molecular weight excluding hydrogens is 226 g/mol. The Labute approximate surface area is 110 Å². The fraction of sp³-hybridized carbons (Fsp3) is 0.533. The molecule has 0 amide bonds. The highest BCUT2D eigenvalue weighted by Crippen LogP contribution is 2.12. The minimum Gasteiger partial charge on any atom is -0.466 e. The van der Waals surface area contributed by atoms with Crippen molar-refractivity contribution in [1.82, 2.24) is 0 Å². The van der Waals surface area contributed by atoms with E-state index in [0.29, 0.717) is 13.0 Å². The molecule has 18 heavy (non-hydrogen) atoms. The second kappa shape index (κ2) is 8.56. The van der Waals surface area contributed by atoms with Crippen LogP contribution in [0.3, 0.4) is 0 Å². The molecule has 100 valence electrons. The maximum absolute atomic E-state index is 11.1. The zero-order chi connectivity index (χ0) is 13.2. The molecule has 0 saturated carbocycles. The van der Waals surface area contributed by atoms with E-state index >= 15 is 0 Å². The van der Waals surface area contributed by atoms with Crippen molar-refractivity contribution in [3.05, 3.63) is 30.3 Å². The third kappa shape index (κ3) is 5.71. The van der Waals surface area contributed by atoms with E-state index in [4.69, 9.17) is 4.74 Å². The van der Waals surface area contributed by atoms with Crippen LogP contribution in [-0.4, -0.2) is 26.2 Å². The van der Waals surface area contributed by atoms with Crippen molar-refractivity contribution >= 4 is 11.7 Å². The lowest BCUT2D eigenvalue weighted by Crippen LogP contribution is -2.18. The molecule has 1 aromatic carbocycles. The maximum Gasteiger partial charge on any atom is 0.305 e. The number of anilines is 1. The summed E-state index contributed by atoms with van der Waals surface area (Å²) in [5, 5.41) is 0. The van der Waals surface area contributed by atoms with Crippen molar-refractivity contribution < 1.29 is 9.53 Å². The SMILES string of the molecule is CCOC(=O)CCCCCN(C)c1ccccc1. The smallest absolute Gasteiger partial charge is 0.305 e. The quantitative estimate of drug-likeness (QED) is 0.523. The number of unbranched alkanes of at least 4 members (excludes halogenated alkanes) is 2. The van der Waals surface area contributed by atoms with Crippen LogP contribution in [0.1, 0.15) is 32.6 Å². The van der Waals surface area contributed by atoms with E-state index in [0.717, 1.165) is 25.8 Å². The zero-order valence-corrected chi connectivity index (χ0v) is 11.4. The van der Waals surface area contributed by atoms with Gasteiger partial charge in [0.05, 0.1) is 6.61 Å². The molecule has 0 atom stereocenters. The van der Waals surface area contributed by atoms with E-state index in [1.165, 1.54) is 5.69 Å². The topological polar surface area (TPSA) is 29.5 Å². The number of hydrogen-bond acceptors (Lipinski definition) is 3. The van der Waals surface area contributed by atoms with E-state index in [1.54, 1.807) is 0 Å². The molecule has 0 saturated heterocycles. The third-order valence-corrected chi connectivity index (χ3v) is 2.88. The van der Waals surface area contributed by atoms with Crippen molar-refractivity contribution in [3.8, 4) is 0 Å². The molecule has 0 heterocycles. The Hall–Kier alpha value is -1.51. The van der Waals surface area contributed by atoms with Crippen LogP contribution in [0.2, 0.25) is 0 Å². The van der Waals surface area contributed by atoms with E-state index in [9.17, 15) is 4.79 Å². The number of rotatable bonds is 8. The summed E-state index contributed by atoms with van der Waals surface area (Å²) in [5.74, 6) is -0.0751. The Kier molecular flexibility index (Phi) is 6.92. The van der Waals surface area contributed by atoms with E-state index in [1.807, 2.05) is 25.1 Å². The summed E-state index contributed by atoms with van der Waals surface area (Å²) in [7, 11) is 2.10. The second-order valence-corrected chi connectivity index (χ2v) is 4.37. The van der Waals surface area contributed by atoms with Gasteiger partial charge in [-0.1, -0.05) is 24.6 Å². The first kappa shape index (κ1) is 14.6. The normalized spacial score (nSPS) is 10.1. The summed E-state index contributed by atoms with van der Waals surface area (Å²) < 4.78 is 4.89. The van der Waals surface area contributed by atoms with Crippen LogP contribution in [0.5, 0.6) is 0 Å². The first-order chi connectivity index (χ1) is 8.74. The van der Waals surface area contributed by atoms with Crippen LogP contribution in [0.4, 0.5) is 5.69 Å². The highest BCUT2D eigenvalue weighted by molar-refractivity contribution is 5.69. The van der Waals surface area contributed by atoms with Gasteiger partial charge in [-0.2, -0.15) is 0 Å². The second-order valence-electron chi connectivity index (χ2n) is 4.37. The van der Waals surface area contributed by atoms with Crippen molar-refractivity contribution in [2.24, 2.45) is 0 Å². The monoisotopic (exact) mass is 249 g/mol. The lowest BCUT2D eigenvalue weighted by atomic mass is 10.2. The molecule has 0 aliphatic carbocycles. The molecule has 0 spiro atoms. The molecule has 0 bridgehead atoms. The van der Waals surface area contributed by atoms with Crippen molar-refractivity contribution in [2.75, 3.05) is 25.1 Å². The minimum absolute atomic E-state index is 0.0751. The van der Waals surface area contributed by atoms with E-state index in [-0.39, 0.29) is 5.97 Å². The highest BCUT2D eigenvalue weighted by Gasteiger charge is 2.02. The molecule has 3 nitrogen and oxygen atoms in total. The summed E-state index contributed by atoms with van der Waals surface area (Å²) in [5.41, 5.74) is 1.24. The lowest BCUT2D eigenvalue weighted by Gasteiger charge is -2.18. The summed E-state index contributed by atoms with van der Waals surface area (Å²) in [6.07, 6.45) is 3.63. The van der Waals surface area contributed by atoms with Crippen molar-refractivity contribution in [2.45, 2.75) is 32.6 Å². The fourth-order valence-electron chi connectivity index (χ4n) is 1.84. The number of esters is 1. The Morgan fingerprint density at radius 1 is 1.17 bits per heavy atom. The standard InChI is InChI=1S/C15H23NO2/c1-3-18-15(17)12-8-5-9-13-16(2)14-10-6-4-7-11-14/h4,6-7,10-11H,3,5,8-9,12-13H2,1-2H3. The zero-order valence-electron chi connectivity index (χ0n) is 11.4. The average molecular weight is 249 g/mol. The summed E-state index contributed by atoms with van der Waals surface area (Å²) >= 11 is 0. The molecule has 0 N–H and O–H groups in total. The van der Waals surface area contributed by atoms with Gasteiger partial charge >= 0.3 is 5.97 Å². The minimum atomic E-state index is -0.0751. The van der Waals surface area contributed by atoms with Gasteiger partial charge in [0, 0.05) is 25.7 Å². The number of nitrogens with zero attached hydrogens (tertiary/aromatic N) is 1. The first-order valence-corrected chi connectivity index (χ1v) is 6.66. The van der Waals surface area contributed by atoms with Gasteiger partial charge in [0.1, 0.15) is 0 Å². The summed E-state index contributed by atoms with van der Waals surface area (Å²) in [4.78, 5) is 13.4. The van der Waals surface area contributed by atoms with Gasteiger partial charge in [-0.05, 0) is 31.9 Å². The van der Waals surface area contributed by atoms with E-state index < -0.39 is 0 Å².